The Labute approximate surface area is 136 Å². The predicted molar refractivity (Wildman–Crippen MR) is 91.0 cm³/mol. The number of benzene rings is 2. The Bertz CT molecular complexity index is 800. The molecule has 1 amide bonds. The summed E-state index contributed by atoms with van der Waals surface area (Å²) in [7, 11) is -3.68. The third-order valence-electron chi connectivity index (χ3n) is 3.30. The number of carbonyl (C=O) groups excluding carboxylic acids is 1. The smallest absolute Gasteiger partial charge is 0.261 e. The van der Waals surface area contributed by atoms with E-state index in [1.54, 1.807) is 43.3 Å². The molecule has 0 saturated heterocycles. The largest absolute Gasteiger partial charge is 0.350 e. The molecule has 2 aromatic rings. The van der Waals surface area contributed by atoms with Crippen molar-refractivity contribution < 1.29 is 13.2 Å². The van der Waals surface area contributed by atoms with E-state index in [1.807, 2.05) is 13.8 Å². The molecule has 2 aromatic carbocycles. The minimum absolute atomic E-state index is 0.00608. The van der Waals surface area contributed by atoms with Gasteiger partial charge in [-0.3, -0.25) is 9.52 Å². The molecule has 0 aliphatic carbocycles. The zero-order chi connectivity index (χ0) is 17.0. The molecule has 122 valence electrons. The fraction of sp³-hybridized carbons (Fsp3) is 0.235. The predicted octanol–water partition coefficient (Wildman–Crippen LogP) is 2.93. The van der Waals surface area contributed by atoms with Gasteiger partial charge in [0.05, 0.1) is 10.6 Å². The fourth-order valence-electron chi connectivity index (χ4n) is 2.14. The normalized spacial score (nSPS) is 11.3. The van der Waals surface area contributed by atoms with Gasteiger partial charge in [0.2, 0.25) is 0 Å². The van der Waals surface area contributed by atoms with Crippen LogP contribution in [-0.2, 0) is 10.0 Å². The molecule has 6 heteroatoms. The summed E-state index contributed by atoms with van der Waals surface area (Å²) in [6, 6.07) is 13.1. The van der Waals surface area contributed by atoms with Crippen LogP contribution in [0.4, 0.5) is 5.69 Å². The molecule has 0 aromatic heterocycles. The van der Waals surface area contributed by atoms with Crippen LogP contribution in [0.25, 0.3) is 0 Å². The first kappa shape index (κ1) is 17.0. The summed E-state index contributed by atoms with van der Waals surface area (Å²) in [4.78, 5) is 12.4. The maximum Gasteiger partial charge on any atom is 0.261 e. The van der Waals surface area contributed by atoms with E-state index < -0.39 is 10.0 Å². The van der Waals surface area contributed by atoms with Crippen molar-refractivity contribution in [1.29, 1.82) is 0 Å². The van der Waals surface area contributed by atoms with Crippen LogP contribution in [0.3, 0.4) is 0 Å². The van der Waals surface area contributed by atoms with E-state index in [2.05, 4.69) is 10.0 Å². The Morgan fingerprint density at radius 1 is 1.00 bits per heavy atom. The van der Waals surface area contributed by atoms with Crippen LogP contribution in [0.15, 0.2) is 53.4 Å². The summed E-state index contributed by atoms with van der Waals surface area (Å²) in [6.07, 6.45) is 0. The topological polar surface area (TPSA) is 75.3 Å². The number of carbonyl (C=O) groups is 1. The molecule has 23 heavy (non-hydrogen) atoms. The molecule has 0 saturated carbocycles. The van der Waals surface area contributed by atoms with Crippen molar-refractivity contribution in [1.82, 2.24) is 5.32 Å². The summed E-state index contributed by atoms with van der Waals surface area (Å²) < 4.78 is 27.3. The molecule has 0 atom stereocenters. The lowest BCUT2D eigenvalue weighted by atomic mass is 10.1. The fourth-order valence-corrected chi connectivity index (χ4v) is 3.28. The first-order chi connectivity index (χ1) is 10.8. The first-order valence-corrected chi connectivity index (χ1v) is 8.78. The second-order valence-electron chi connectivity index (χ2n) is 5.52. The number of hydrogen-bond donors (Lipinski definition) is 2. The van der Waals surface area contributed by atoms with E-state index in [-0.39, 0.29) is 16.8 Å². The van der Waals surface area contributed by atoms with Gasteiger partial charge in [0.25, 0.3) is 15.9 Å². The zero-order valence-electron chi connectivity index (χ0n) is 13.3. The van der Waals surface area contributed by atoms with Gasteiger partial charge in [0, 0.05) is 11.6 Å². The summed E-state index contributed by atoms with van der Waals surface area (Å²) in [5, 5.41) is 2.81. The molecule has 0 radical (unpaired) electrons. The van der Waals surface area contributed by atoms with Crippen molar-refractivity contribution >= 4 is 21.6 Å². The van der Waals surface area contributed by atoms with Crippen LogP contribution >= 0.6 is 0 Å². The van der Waals surface area contributed by atoms with Crippen molar-refractivity contribution in [2.75, 3.05) is 4.72 Å². The highest BCUT2D eigenvalue weighted by atomic mass is 32.2. The van der Waals surface area contributed by atoms with Gasteiger partial charge in [-0.25, -0.2) is 8.42 Å². The van der Waals surface area contributed by atoms with Gasteiger partial charge in [-0.05, 0) is 50.6 Å². The van der Waals surface area contributed by atoms with Gasteiger partial charge in [0.15, 0.2) is 0 Å². The third-order valence-corrected chi connectivity index (χ3v) is 4.68. The minimum Gasteiger partial charge on any atom is -0.350 e. The molecule has 2 rings (SSSR count). The highest BCUT2D eigenvalue weighted by Crippen LogP contribution is 2.22. The Kier molecular flexibility index (Phi) is 5.05. The van der Waals surface area contributed by atoms with Crippen molar-refractivity contribution in [3.8, 4) is 0 Å². The molecule has 0 bridgehead atoms. The maximum atomic E-state index is 12.4. The van der Waals surface area contributed by atoms with Crippen LogP contribution < -0.4 is 10.0 Å². The minimum atomic E-state index is -3.68. The summed E-state index contributed by atoms with van der Waals surface area (Å²) in [5.74, 6) is -0.224. The van der Waals surface area contributed by atoms with E-state index >= 15 is 0 Å². The molecular weight excluding hydrogens is 312 g/mol. The van der Waals surface area contributed by atoms with Gasteiger partial charge in [-0.1, -0.05) is 24.3 Å². The molecule has 0 aliphatic rings. The number of rotatable bonds is 5. The molecular formula is C17H20N2O3S. The first-order valence-electron chi connectivity index (χ1n) is 7.29. The van der Waals surface area contributed by atoms with E-state index in [0.717, 1.165) is 0 Å². The van der Waals surface area contributed by atoms with Crippen LogP contribution in [0.2, 0.25) is 0 Å². The second-order valence-corrected chi connectivity index (χ2v) is 7.21. The molecule has 0 heterocycles. The highest BCUT2D eigenvalue weighted by molar-refractivity contribution is 7.92. The van der Waals surface area contributed by atoms with Crippen molar-refractivity contribution in [2.45, 2.75) is 31.7 Å². The zero-order valence-corrected chi connectivity index (χ0v) is 14.1. The third kappa shape index (κ3) is 4.10. The Morgan fingerprint density at radius 3 is 2.26 bits per heavy atom. The van der Waals surface area contributed by atoms with E-state index in [9.17, 15) is 13.2 Å². The van der Waals surface area contributed by atoms with Crippen LogP contribution in [0.1, 0.15) is 29.8 Å². The van der Waals surface area contributed by atoms with Crippen molar-refractivity contribution in [3.63, 3.8) is 0 Å². The van der Waals surface area contributed by atoms with Crippen LogP contribution in [0.5, 0.6) is 0 Å². The second kappa shape index (κ2) is 6.83. The quantitative estimate of drug-likeness (QED) is 0.884. The number of amides is 1. The van der Waals surface area contributed by atoms with E-state index in [1.165, 1.54) is 12.1 Å². The Hall–Kier alpha value is -2.34. The Morgan fingerprint density at radius 2 is 1.65 bits per heavy atom. The number of sulfonamides is 1. The lowest BCUT2D eigenvalue weighted by molar-refractivity contribution is 0.0942. The summed E-state index contributed by atoms with van der Waals surface area (Å²) in [5.41, 5.74) is 1.43. The molecule has 0 unspecified atom stereocenters. The summed E-state index contributed by atoms with van der Waals surface area (Å²) in [6.45, 7) is 5.46. The van der Waals surface area contributed by atoms with Crippen LogP contribution in [-0.4, -0.2) is 20.4 Å². The van der Waals surface area contributed by atoms with Crippen LogP contribution in [0, 0.1) is 6.92 Å². The van der Waals surface area contributed by atoms with E-state index in [0.29, 0.717) is 16.8 Å². The monoisotopic (exact) mass is 332 g/mol. The van der Waals surface area contributed by atoms with Gasteiger partial charge in [-0.2, -0.15) is 0 Å². The van der Waals surface area contributed by atoms with E-state index in [4.69, 9.17) is 0 Å². The number of anilines is 1. The average Bonchev–Trinajstić information content (AvgIpc) is 2.49. The molecule has 0 aliphatic heterocycles. The van der Waals surface area contributed by atoms with Gasteiger partial charge in [0.1, 0.15) is 0 Å². The molecule has 0 spiro atoms. The Balaban J connectivity index is 2.33. The lowest BCUT2D eigenvalue weighted by Gasteiger charge is -2.15. The van der Waals surface area contributed by atoms with Gasteiger partial charge < -0.3 is 5.32 Å². The highest BCUT2D eigenvalue weighted by Gasteiger charge is 2.17. The summed E-state index contributed by atoms with van der Waals surface area (Å²) >= 11 is 0. The van der Waals surface area contributed by atoms with Crippen molar-refractivity contribution in [2.24, 2.45) is 0 Å². The standard InChI is InChI=1S/C17H20N2O3S/c1-12(2)18-17(20)15-10-7-11-16(13(15)3)19-23(21,22)14-8-5-4-6-9-14/h4-12,19H,1-3H3,(H,18,20). The lowest BCUT2D eigenvalue weighted by Crippen LogP contribution is -2.30. The maximum absolute atomic E-state index is 12.4. The SMILES string of the molecule is Cc1c(NS(=O)(=O)c2ccccc2)cccc1C(=O)NC(C)C. The van der Waals surface area contributed by atoms with Crippen molar-refractivity contribution in [3.05, 3.63) is 59.7 Å². The number of nitrogens with one attached hydrogen (secondary N) is 2. The van der Waals surface area contributed by atoms with Gasteiger partial charge >= 0.3 is 0 Å². The number of hydrogen-bond acceptors (Lipinski definition) is 3. The average molecular weight is 332 g/mol. The molecule has 5 nitrogen and oxygen atoms in total. The molecule has 0 fully saturated rings. The van der Waals surface area contributed by atoms with Gasteiger partial charge in [-0.15, -0.1) is 0 Å². The molecule has 2 N–H and O–H groups in total.